The van der Waals surface area contributed by atoms with E-state index >= 15 is 0 Å². The molecule has 1 aliphatic rings. The molecule has 3 atom stereocenters. The van der Waals surface area contributed by atoms with Gasteiger partial charge in [-0.1, -0.05) is 82.1 Å². The summed E-state index contributed by atoms with van der Waals surface area (Å²) in [5.74, 6) is 0.903. The van der Waals surface area contributed by atoms with E-state index in [9.17, 15) is 0 Å². The number of benzene rings is 3. The Morgan fingerprint density at radius 1 is 0.867 bits per heavy atom. The van der Waals surface area contributed by atoms with Crippen LogP contribution in [0.15, 0.2) is 78.9 Å². The number of ether oxygens (including phenoxy) is 2. The molecule has 1 aliphatic heterocycles. The highest BCUT2D eigenvalue weighted by atomic mass is 79.9. The fourth-order valence-corrected chi connectivity index (χ4v) is 4.74. The summed E-state index contributed by atoms with van der Waals surface area (Å²) in [4.78, 5) is 0.477. The number of aryl methyl sites for hydroxylation is 1. The molecule has 1 fully saturated rings. The van der Waals surface area contributed by atoms with Gasteiger partial charge in [-0.15, -0.1) is 0 Å². The third-order valence-corrected chi connectivity index (χ3v) is 6.51. The first-order chi connectivity index (χ1) is 14.7. The number of hydrogen-bond acceptors (Lipinski definition) is 2. The van der Waals surface area contributed by atoms with E-state index in [0.717, 1.165) is 36.5 Å². The van der Waals surface area contributed by atoms with E-state index < -0.39 is 0 Å². The van der Waals surface area contributed by atoms with Crippen molar-refractivity contribution in [3.63, 3.8) is 0 Å². The van der Waals surface area contributed by atoms with Crippen molar-refractivity contribution in [3.8, 4) is 5.75 Å². The fourth-order valence-electron chi connectivity index (χ4n) is 3.86. The molecule has 0 amide bonds. The molecule has 0 bridgehead atoms. The van der Waals surface area contributed by atoms with E-state index in [4.69, 9.17) is 21.1 Å². The number of alkyl halides is 1. The van der Waals surface area contributed by atoms with Crippen molar-refractivity contribution in [2.24, 2.45) is 0 Å². The Kier molecular flexibility index (Phi) is 7.48. The van der Waals surface area contributed by atoms with Crippen LogP contribution in [0.25, 0.3) is 0 Å². The summed E-state index contributed by atoms with van der Waals surface area (Å²) in [6.07, 6.45) is 4.41. The minimum atomic E-state index is 0.124. The lowest BCUT2D eigenvalue weighted by molar-refractivity contribution is -0.0512. The van der Waals surface area contributed by atoms with Crippen LogP contribution in [0.4, 0.5) is 0 Å². The highest BCUT2D eigenvalue weighted by molar-refractivity contribution is 9.09. The Morgan fingerprint density at radius 2 is 1.60 bits per heavy atom. The molecule has 0 saturated carbocycles. The Hall–Kier alpha value is -1.81. The van der Waals surface area contributed by atoms with E-state index in [0.29, 0.717) is 11.4 Å². The second-order valence-corrected chi connectivity index (χ2v) is 9.56. The van der Waals surface area contributed by atoms with E-state index in [1.807, 2.05) is 30.3 Å². The van der Waals surface area contributed by atoms with Crippen molar-refractivity contribution in [2.75, 3.05) is 0 Å². The topological polar surface area (TPSA) is 18.5 Å². The molecule has 30 heavy (non-hydrogen) atoms. The standard InChI is InChI=1S/C26H26BrClO2/c27-22-16-25(30-26(17-22)21-9-11-23(28)12-10-21)15-8-19-6-13-24(14-7-19)29-18-20-4-2-1-3-5-20/h1-7,9-14,22,25-26H,8,15-18H2/t22-,25+,26+/m1/s1. The summed E-state index contributed by atoms with van der Waals surface area (Å²) in [6.45, 7) is 0.592. The maximum Gasteiger partial charge on any atom is 0.119 e. The SMILES string of the molecule is Clc1ccc([C@@H]2C[C@H](Br)C[C@H](CCc3ccc(OCc4ccccc4)cc3)O2)cc1. The summed E-state index contributed by atoms with van der Waals surface area (Å²) in [5.41, 5.74) is 3.69. The van der Waals surface area contributed by atoms with E-state index in [2.05, 4.69) is 64.5 Å². The predicted molar refractivity (Wildman–Crippen MR) is 127 cm³/mol. The van der Waals surface area contributed by atoms with Crippen molar-refractivity contribution >= 4 is 27.5 Å². The van der Waals surface area contributed by atoms with Crippen LogP contribution in [0.2, 0.25) is 5.02 Å². The van der Waals surface area contributed by atoms with Crippen LogP contribution in [0.1, 0.15) is 42.1 Å². The van der Waals surface area contributed by atoms with Gasteiger partial charge in [0.2, 0.25) is 0 Å². The second kappa shape index (κ2) is 10.5. The third-order valence-electron chi connectivity index (χ3n) is 5.51. The number of halogens is 2. The quantitative estimate of drug-likeness (QED) is 0.322. The van der Waals surface area contributed by atoms with Gasteiger partial charge in [-0.25, -0.2) is 0 Å². The highest BCUT2D eigenvalue weighted by Gasteiger charge is 2.28. The first-order valence-electron chi connectivity index (χ1n) is 10.5. The molecule has 4 heteroatoms. The molecule has 4 rings (SSSR count). The minimum absolute atomic E-state index is 0.124. The molecular weight excluding hydrogens is 460 g/mol. The first kappa shape index (κ1) is 21.4. The van der Waals surface area contributed by atoms with Crippen molar-refractivity contribution in [2.45, 2.75) is 49.3 Å². The lowest BCUT2D eigenvalue weighted by Gasteiger charge is -2.33. The summed E-state index contributed by atoms with van der Waals surface area (Å²) in [5, 5.41) is 0.762. The minimum Gasteiger partial charge on any atom is -0.489 e. The number of rotatable bonds is 7. The van der Waals surface area contributed by atoms with Crippen molar-refractivity contribution in [3.05, 3.63) is 101 Å². The lowest BCUT2D eigenvalue weighted by Crippen LogP contribution is -2.29. The average molecular weight is 486 g/mol. The van der Waals surface area contributed by atoms with Crippen LogP contribution in [0.3, 0.4) is 0 Å². The third kappa shape index (κ3) is 6.10. The fraction of sp³-hybridized carbons (Fsp3) is 0.308. The summed E-state index contributed by atoms with van der Waals surface area (Å²) in [6, 6.07) is 26.7. The molecule has 0 aliphatic carbocycles. The van der Waals surface area contributed by atoms with Gasteiger partial charge in [0.15, 0.2) is 0 Å². The highest BCUT2D eigenvalue weighted by Crippen LogP contribution is 2.36. The zero-order valence-corrected chi connectivity index (χ0v) is 19.2. The Morgan fingerprint density at radius 3 is 2.33 bits per heavy atom. The molecule has 1 saturated heterocycles. The van der Waals surface area contributed by atoms with Crippen LogP contribution in [0.5, 0.6) is 5.75 Å². The van der Waals surface area contributed by atoms with Crippen LogP contribution in [-0.2, 0) is 17.8 Å². The van der Waals surface area contributed by atoms with Crippen molar-refractivity contribution < 1.29 is 9.47 Å². The molecule has 0 unspecified atom stereocenters. The van der Waals surface area contributed by atoms with Gasteiger partial charge in [-0.2, -0.15) is 0 Å². The zero-order valence-electron chi connectivity index (χ0n) is 16.8. The lowest BCUT2D eigenvalue weighted by atomic mass is 9.95. The summed E-state index contributed by atoms with van der Waals surface area (Å²) >= 11 is 9.86. The zero-order chi connectivity index (χ0) is 20.8. The Labute approximate surface area is 192 Å². The molecule has 3 aromatic carbocycles. The van der Waals surface area contributed by atoms with Crippen LogP contribution in [-0.4, -0.2) is 10.9 Å². The van der Waals surface area contributed by atoms with Crippen LogP contribution < -0.4 is 4.74 Å². The van der Waals surface area contributed by atoms with Crippen molar-refractivity contribution in [1.29, 1.82) is 0 Å². The maximum atomic E-state index is 6.42. The second-order valence-electron chi connectivity index (χ2n) is 7.82. The normalized spacial score (nSPS) is 21.3. The van der Waals surface area contributed by atoms with Crippen LogP contribution >= 0.6 is 27.5 Å². The molecule has 0 N–H and O–H groups in total. The Bertz CT molecular complexity index is 912. The van der Waals surface area contributed by atoms with E-state index in [-0.39, 0.29) is 12.2 Å². The smallest absolute Gasteiger partial charge is 0.119 e. The van der Waals surface area contributed by atoms with Gasteiger partial charge >= 0.3 is 0 Å². The van der Waals surface area contributed by atoms with Gasteiger partial charge in [0, 0.05) is 9.85 Å². The Balaban J connectivity index is 1.28. The van der Waals surface area contributed by atoms with Crippen molar-refractivity contribution in [1.82, 2.24) is 0 Å². The first-order valence-corrected chi connectivity index (χ1v) is 11.8. The van der Waals surface area contributed by atoms with Gasteiger partial charge < -0.3 is 9.47 Å². The summed E-state index contributed by atoms with van der Waals surface area (Å²) in [7, 11) is 0. The molecule has 0 aromatic heterocycles. The van der Waals surface area contributed by atoms with Gasteiger partial charge in [0.05, 0.1) is 12.2 Å². The van der Waals surface area contributed by atoms with Gasteiger partial charge in [-0.3, -0.25) is 0 Å². The monoisotopic (exact) mass is 484 g/mol. The molecule has 0 spiro atoms. The number of hydrogen-bond donors (Lipinski definition) is 0. The molecule has 1 heterocycles. The summed E-state index contributed by atoms with van der Waals surface area (Å²) < 4.78 is 12.3. The average Bonchev–Trinajstić information content (AvgIpc) is 2.78. The molecule has 2 nitrogen and oxygen atoms in total. The molecule has 0 radical (unpaired) electrons. The molecule has 156 valence electrons. The molecular formula is C26H26BrClO2. The maximum absolute atomic E-state index is 6.42. The largest absolute Gasteiger partial charge is 0.489 e. The van der Waals surface area contributed by atoms with Gasteiger partial charge in [-0.05, 0) is 66.6 Å². The van der Waals surface area contributed by atoms with E-state index in [1.54, 1.807) is 0 Å². The van der Waals surface area contributed by atoms with Crippen LogP contribution in [0, 0.1) is 0 Å². The van der Waals surface area contributed by atoms with Gasteiger partial charge in [0.25, 0.3) is 0 Å². The molecule has 3 aromatic rings. The van der Waals surface area contributed by atoms with E-state index in [1.165, 1.54) is 16.7 Å². The van der Waals surface area contributed by atoms with Gasteiger partial charge in [0.1, 0.15) is 12.4 Å². The predicted octanol–water partition coefficient (Wildman–Crippen LogP) is 7.54.